The lowest BCUT2D eigenvalue weighted by Crippen LogP contribution is -2.23. The second-order valence-electron chi connectivity index (χ2n) is 7.20. The number of nitrogens with one attached hydrogen (secondary N) is 1. The molecular formula is C21H23FN4O2S. The van der Waals surface area contributed by atoms with Gasteiger partial charge in [0.15, 0.2) is 10.9 Å². The number of hydrogen-bond donors (Lipinski definition) is 1. The van der Waals surface area contributed by atoms with Crippen molar-refractivity contribution in [2.24, 2.45) is 0 Å². The van der Waals surface area contributed by atoms with Crippen molar-refractivity contribution in [3.05, 3.63) is 48.5 Å². The molecule has 1 fully saturated rings. The van der Waals surface area contributed by atoms with Crippen molar-refractivity contribution in [2.75, 3.05) is 5.32 Å². The normalized spacial score (nSPS) is 15.9. The predicted octanol–water partition coefficient (Wildman–Crippen LogP) is 5.30. The van der Waals surface area contributed by atoms with Gasteiger partial charge in [0.25, 0.3) is 0 Å². The van der Waals surface area contributed by atoms with Crippen LogP contribution >= 0.6 is 11.8 Å². The number of hydrogen-bond acceptors (Lipinski definition) is 5. The van der Waals surface area contributed by atoms with Crippen LogP contribution in [0.4, 0.5) is 10.1 Å². The summed E-state index contributed by atoms with van der Waals surface area (Å²) in [5.41, 5.74) is 0.564. The second kappa shape index (κ2) is 8.82. The van der Waals surface area contributed by atoms with Crippen LogP contribution in [0.2, 0.25) is 0 Å². The molecule has 2 heterocycles. The smallest absolute Gasteiger partial charge is 0.237 e. The molecule has 29 heavy (non-hydrogen) atoms. The van der Waals surface area contributed by atoms with Crippen molar-refractivity contribution < 1.29 is 13.6 Å². The first kappa shape index (κ1) is 19.7. The minimum atomic E-state index is -0.393. The summed E-state index contributed by atoms with van der Waals surface area (Å²) in [6, 6.07) is 9.75. The van der Waals surface area contributed by atoms with E-state index in [-0.39, 0.29) is 11.7 Å². The van der Waals surface area contributed by atoms with Crippen molar-refractivity contribution >= 4 is 23.4 Å². The lowest BCUT2D eigenvalue weighted by molar-refractivity contribution is -0.115. The molecule has 3 aromatic rings. The molecule has 1 N–H and O–H groups in total. The van der Waals surface area contributed by atoms with E-state index in [1.54, 1.807) is 18.4 Å². The van der Waals surface area contributed by atoms with E-state index in [4.69, 9.17) is 4.42 Å². The van der Waals surface area contributed by atoms with Gasteiger partial charge in [-0.2, -0.15) is 0 Å². The van der Waals surface area contributed by atoms with Gasteiger partial charge < -0.3 is 9.73 Å². The van der Waals surface area contributed by atoms with E-state index in [1.807, 2.05) is 19.1 Å². The van der Waals surface area contributed by atoms with Crippen molar-refractivity contribution in [1.29, 1.82) is 0 Å². The van der Waals surface area contributed by atoms with Crippen LogP contribution in [-0.4, -0.2) is 25.9 Å². The summed E-state index contributed by atoms with van der Waals surface area (Å²) in [6.07, 6.45) is 7.34. The number of amides is 1. The first-order valence-corrected chi connectivity index (χ1v) is 10.7. The monoisotopic (exact) mass is 414 g/mol. The standard InChI is InChI=1S/C21H23FN4O2S/c1-14(20(27)23-16-11-9-15(22)10-12-16)29-21-25-24-19(18-8-5-13-28-18)26(21)17-6-3-2-4-7-17/h5,8-14,17H,2-4,6-7H2,1H3,(H,23,27)/t14-/m1/s1. The highest BCUT2D eigenvalue weighted by molar-refractivity contribution is 8.00. The average molecular weight is 415 g/mol. The number of carbonyl (C=O) groups excluding carboxylic acids is 1. The van der Waals surface area contributed by atoms with Gasteiger partial charge in [-0.1, -0.05) is 31.0 Å². The Morgan fingerprint density at radius 2 is 1.97 bits per heavy atom. The van der Waals surface area contributed by atoms with Gasteiger partial charge in [-0.3, -0.25) is 9.36 Å². The van der Waals surface area contributed by atoms with E-state index < -0.39 is 5.25 Å². The summed E-state index contributed by atoms with van der Waals surface area (Å²) < 4.78 is 20.8. The SMILES string of the molecule is C[C@@H](Sc1nnc(-c2ccco2)n1C1CCCCC1)C(=O)Nc1ccc(F)cc1. The molecule has 0 spiro atoms. The van der Waals surface area contributed by atoms with Crippen LogP contribution in [0.1, 0.15) is 45.1 Å². The Morgan fingerprint density at radius 1 is 1.21 bits per heavy atom. The van der Waals surface area contributed by atoms with E-state index >= 15 is 0 Å². The molecule has 1 saturated carbocycles. The number of benzene rings is 1. The van der Waals surface area contributed by atoms with Crippen LogP contribution < -0.4 is 5.32 Å². The van der Waals surface area contributed by atoms with Crippen LogP contribution in [0.25, 0.3) is 11.6 Å². The van der Waals surface area contributed by atoms with Crippen LogP contribution in [0.5, 0.6) is 0 Å². The van der Waals surface area contributed by atoms with Crippen molar-refractivity contribution in [2.45, 2.75) is 55.5 Å². The Hall–Kier alpha value is -2.61. The highest BCUT2D eigenvalue weighted by Crippen LogP contribution is 2.36. The van der Waals surface area contributed by atoms with Crippen LogP contribution in [0, 0.1) is 5.82 Å². The number of aromatic nitrogens is 3. The van der Waals surface area contributed by atoms with Gasteiger partial charge in [-0.15, -0.1) is 10.2 Å². The topological polar surface area (TPSA) is 73.0 Å². The molecule has 1 aromatic carbocycles. The molecule has 6 nitrogen and oxygen atoms in total. The van der Waals surface area contributed by atoms with Gasteiger partial charge in [0, 0.05) is 11.7 Å². The van der Waals surface area contributed by atoms with Crippen LogP contribution in [0.3, 0.4) is 0 Å². The second-order valence-corrected chi connectivity index (χ2v) is 8.51. The quantitative estimate of drug-likeness (QED) is 0.554. The van der Waals surface area contributed by atoms with Gasteiger partial charge in [0.1, 0.15) is 5.82 Å². The predicted molar refractivity (Wildman–Crippen MR) is 110 cm³/mol. The average Bonchev–Trinajstić information content (AvgIpc) is 3.40. The molecule has 1 amide bonds. The zero-order valence-electron chi connectivity index (χ0n) is 16.2. The number of nitrogens with zero attached hydrogens (tertiary/aromatic N) is 3. The van der Waals surface area contributed by atoms with E-state index in [9.17, 15) is 9.18 Å². The Labute approximate surface area is 172 Å². The van der Waals surface area contributed by atoms with Gasteiger partial charge in [0.2, 0.25) is 11.7 Å². The highest BCUT2D eigenvalue weighted by Gasteiger charge is 2.27. The molecule has 0 bridgehead atoms. The summed E-state index contributed by atoms with van der Waals surface area (Å²) in [6.45, 7) is 1.83. The lowest BCUT2D eigenvalue weighted by Gasteiger charge is -2.25. The maximum absolute atomic E-state index is 13.1. The molecule has 8 heteroatoms. The lowest BCUT2D eigenvalue weighted by atomic mass is 9.95. The first-order chi connectivity index (χ1) is 14.1. The molecule has 0 aliphatic heterocycles. The molecule has 0 unspecified atom stereocenters. The third kappa shape index (κ3) is 4.53. The number of carbonyl (C=O) groups is 1. The fourth-order valence-corrected chi connectivity index (χ4v) is 4.51. The molecule has 0 saturated heterocycles. The molecule has 0 radical (unpaired) electrons. The van der Waals surface area contributed by atoms with Crippen molar-refractivity contribution in [3.8, 4) is 11.6 Å². The Bertz CT molecular complexity index is 950. The molecule has 1 aliphatic carbocycles. The fourth-order valence-electron chi connectivity index (χ4n) is 3.59. The molecule has 152 valence electrons. The maximum atomic E-state index is 13.1. The molecule has 1 atom stereocenters. The van der Waals surface area contributed by atoms with E-state index in [1.165, 1.54) is 43.2 Å². The third-order valence-electron chi connectivity index (χ3n) is 5.11. The summed E-state index contributed by atoms with van der Waals surface area (Å²) in [5, 5.41) is 11.9. The molecular weight excluding hydrogens is 391 g/mol. The largest absolute Gasteiger partial charge is 0.461 e. The minimum absolute atomic E-state index is 0.167. The Morgan fingerprint density at radius 3 is 2.66 bits per heavy atom. The summed E-state index contributed by atoms with van der Waals surface area (Å²) in [4.78, 5) is 12.6. The van der Waals surface area contributed by atoms with Crippen molar-refractivity contribution in [1.82, 2.24) is 14.8 Å². The third-order valence-corrected chi connectivity index (χ3v) is 6.17. The zero-order valence-corrected chi connectivity index (χ0v) is 17.0. The van der Waals surface area contributed by atoms with E-state index in [2.05, 4.69) is 20.1 Å². The first-order valence-electron chi connectivity index (χ1n) is 9.83. The maximum Gasteiger partial charge on any atom is 0.237 e. The molecule has 2 aromatic heterocycles. The zero-order chi connectivity index (χ0) is 20.2. The summed E-state index contributed by atoms with van der Waals surface area (Å²) in [7, 11) is 0. The van der Waals surface area contributed by atoms with E-state index in [0.717, 1.165) is 12.8 Å². The summed E-state index contributed by atoms with van der Waals surface area (Å²) >= 11 is 1.37. The number of thioether (sulfide) groups is 1. The fraction of sp³-hybridized carbons (Fsp3) is 0.381. The highest BCUT2D eigenvalue weighted by atomic mass is 32.2. The Kier molecular flexibility index (Phi) is 5.99. The van der Waals surface area contributed by atoms with Crippen LogP contribution in [-0.2, 0) is 4.79 Å². The Balaban J connectivity index is 1.54. The molecule has 1 aliphatic rings. The molecule has 4 rings (SSSR count). The van der Waals surface area contributed by atoms with Gasteiger partial charge in [-0.05, 0) is 56.2 Å². The van der Waals surface area contributed by atoms with E-state index in [0.29, 0.717) is 28.5 Å². The van der Waals surface area contributed by atoms with Crippen molar-refractivity contribution in [3.63, 3.8) is 0 Å². The van der Waals surface area contributed by atoms with Gasteiger partial charge in [0.05, 0.1) is 11.5 Å². The minimum Gasteiger partial charge on any atom is -0.461 e. The van der Waals surface area contributed by atoms with Gasteiger partial charge >= 0.3 is 0 Å². The number of rotatable bonds is 6. The van der Waals surface area contributed by atoms with Crippen LogP contribution in [0.15, 0.2) is 52.2 Å². The number of furan rings is 1. The summed E-state index contributed by atoms with van der Waals surface area (Å²) in [5.74, 6) is 0.879. The number of halogens is 1. The number of anilines is 1. The van der Waals surface area contributed by atoms with Gasteiger partial charge in [-0.25, -0.2) is 4.39 Å².